The zero-order valence-electron chi connectivity index (χ0n) is 17.8. The van der Waals surface area contributed by atoms with Crippen molar-refractivity contribution in [3.8, 4) is 5.75 Å². The lowest BCUT2D eigenvalue weighted by Crippen LogP contribution is -2.17. The molecule has 0 unspecified atom stereocenters. The Morgan fingerprint density at radius 3 is 2.62 bits per heavy atom. The molecule has 0 aliphatic heterocycles. The number of rotatable bonds is 7. The predicted octanol–water partition coefficient (Wildman–Crippen LogP) is 4.07. The molecule has 160 valence electrons. The van der Waals surface area contributed by atoms with Crippen molar-refractivity contribution in [2.45, 2.75) is 13.3 Å². The number of amides is 1. The van der Waals surface area contributed by atoms with Crippen molar-refractivity contribution in [1.29, 1.82) is 0 Å². The zero-order chi connectivity index (χ0) is 22.5. The van der Waals surface area contributed by atoms with Gasteiger partial charge in [0, 0.05) is 17.5 Å². The van der Waals surface area contributed by atoms with Crippen molar-refractivity contribution in [2.24, 2.45) is 5.10 Å². The third-order valence-corrected chi connectivity index (χ3v) is 4.97. The van der Waals surface area contributed by atoms with Gasteiger partial charge in [0.15, 0.2) is 5.78 Å². The van der Waals surface area contributed by atoms with Crippen LogP contribution in [0.3, 0.4) is 0 Å². The van der Waals surface area contributed by atoms with E-state index >= 15 is 0 Å². The van der Waals surface area contributed by atoms with Crippen LogP contribution in [0.1, 0.15) is 37.7 Å². The summed E-state index contributed by atoms with van der Waals surface area (Å²) in [4.78, 5) is 32.5. The molecule has 3 aromatic carbocycles. The summed E-state index contributed by atoms with van der Waals surface area (Å²) in [5.74, 6) is 1.16. The number of carbonyl (C=O) groups excluding carboxylic acids is 2. The highest BCUT2D eigenvalue weighted by Crippen LogP contribution is 2.16. The van der Waals surface area contributed by atoms with Crippen LogP contribution in [0, 0.1) is 6.92 Å². The molecule has 2 N–H and O–H groups in total. The fourth-order valence-corrected chi connectivity index (χ4v) is 3.34. The van der Waals surface area contributed by atoms with Gasteiger partial charge in [-0.3, -0.25) is 9.59 Å². The monoisotopic (exact) mass is 426 g/mol. The van der Waals surface area contributed by atoms with Gasteiger partial charge in [0.1, 0.15) is 11.6 Å². The van der Waals surface area contributed by atoms with Crippen LogP contribution in [0.25, 0.3) is 11.0 Å². The van der Waals surface area contributed by atoms with Crippen LogP contribution in [0.5, 0.6) is 5.75 Å². The van der Waals surface area contributed by atoms with Gasteiger partial charge in [0.05, 0.1) is 24.4 Å². The second-order valence-electron chi connectivity index (χ2n) is 7.33. The largest absolute Gasteiger partial charge is 0.497 e. The summed E-state index contributed by atoms with van der Waals surface area (Å²) in [6, 6.07) is 19.6. The maximum absolute atomic E-state index is 12.7. The van der Waals surface area contributed by atoms with Gasteiger partial charge in [-0.05, 0) is 54.4 Å². The minimum absolute atomic E-state index is 0.0245. The molecule has 4 aromatic rings. The van der Waals surface area contributed by atoms with Crippen LogP contribution in [0.15, 0.2) is 71.8 Å². The van der Waals surface area contributed by atoms with Crippen LogP contribution in [0.4, 0.5) is 0 Å². The molecule has 1 amide bonds. The molecule has 32 heavy (non-hydrogen) atoms. The van der Waals surface area contributed by atoms with E-state index in [2.05, 4.69) is 20.5 Å². The summed E-state index contributed by atoms with van der Waals surface area (Å²) in [5.41, 5.74) is 6.94. The standard InChI is InChI=1S/C25H22N4O3/c1-16-27-22-11-6-17(13-23(22)28-16)14-24(30)19-7-9-20(10-8-19)25(31)29-26-15-18-4-3-5-21(12-18)32-2/h3-13,15H,14H2,1-2H3,(H,27,28)(H,29,31)/b26-15+. The van der Waals surface area contributed by atoms with E-state index in [-0.39, 0.29) is 18.1 Å². The van der Waals surface area contributed by atoms with Crippen molar-refractivity contribution in [3.63, 3.8) is 0 Å². The Hall–Kier alpha value is -4.26. The molecule has 0 saturated heterocycles. The van der Waals surface area contributed by atoms with Crippen molar-refractivity contribution in [3.05, 3.63) is 94.8 Å². The first-order valence-corrected chi connectivity index (χ1v) is 10.1. The number of nitrogens with one attached hydrogen (secondary N) is 2. The summed E-state index contributed by atoms with van der Waals surface area (Å²) in [7, 11) is 1.59. The molecule has 7 heteroatoms. The number of nitrogens with zero attached hydrogens (tertiary/aromatic N) is 2. The highest BCUT2D eigenvalue weighted by Gasteiger charge is 2.11. The quantitative estimate of drug-likeness (QED) is 0.264. The average molecular weight is 426 g/mol. The van der Waals surface area contributed by atoms with Gasteiger partial charge in [-0.1, -0.05) is 30.3 Å². The molecule has 0 spiro atoms. The molecule has 0 saturated carbocycles. The molecule has 0 fully saturated rings. The van der Waals surface area contributed by atoms with E-state index < -0.39 is 0 Å². The van der Waals surface area contributed by atoms with E-state index in [9.17, 15) is 9.59 Å². The van der Waals surface area contributed by atoms with Gasteiger partial charge in [-0.2, -0.15) is 5.10 Å². The first-order chi connectivity index (χ1) is 15.5. The number of ketones is 1. The number of fused-ring (bicyclic) bond motifs is 1. The normalized spacial score (nSPS) is 11.1. The summed E-state index contributed by atoms with van der Waals surface area (Å²) in [5, 5.41) is 3.98. The van der Waals surface area contributed by atoms with Crippen molar-refractivity contribution < 1.29 is 14.3 Å². The second-order valence-corrected chi connectivity index (χ2v) is 7.33. The topological polar surface area (TPSA) is 96.4 Å². The number of H-pyrrole nitrogens is 1. The number of hydrogen-bond donors (Lipinski definition) is 2. The van der Waals surface area contributed by atoms with Gasteiger partial charge < -0.3 is 9.72 Å². The number of Topliss-reactive ketones (excluding diaryl/α,β-unsaturated/α-hetero) is 1. The Bertz CT molecular complexity index is 1310. The second kappa shape index (κ2) is 9.26. The highest BCUT2D eigenvalue weighted by atomic mass is 16.5. The summed E-state index contributed by atoms with van der Waals surface area (Å²) in [6.07, 6.45) is 1.81. The van der Waals surface area contributed by atoms with Gasteiger partial charge in [0.2, 0.25) is 0 Å². The van der Waals surface area contributed by atoms with Gasteiger partial charge in [-0.25, -0.2) is 10.4 Å². The molecule has 0 aliphatic carbocycles. The molecule has 1 aromatic heterocycles. The molecule has 1 heterocycles. The number of aryl methyl sites for hydroxylation is 1. The fraction of sp³-hybridized carbons (Fsp3) is 0.120. The van der Waals surface area contributed by atoms with Gasteiger partial charge >= 0.3 is 0 Å². The lowest BCUT2D eigenvalue weighted by atomic mass is 10.0. The summed E-state index contributed by atoms with van der Waals surface area (Å²) >= 11 is 0. The zero-order valence-corrected chi connectivity index (χ0v) is 17.8. The van der Waals surface area contributed by atoms with Crippen LogP contribution in [-0.2, 0) is 6.42 Å². The molecule has 0 bridgehead atoms. The number of hydrazone groups is 1. The lowest BCUT2D eigenvalue weighted by Gasteiger charge is -2.04. The van der Waals surface area contributed by atoms with Gasteiger partial charge in [0.25, 0.3) is 5.91 Å². The number of benzene rings is 3. The Labute approximate surface area is 185 Å². The van der Waals surface area contributed by atoms with E-state index in [1.807, 2.05) is 43.3 Å². The van der Waals surface area contributed by atoms with Crippen molar-refractivity contribution >= 4 is 28.9 Å². The number of aromatic amines is 1. The third-order valence-electron chi connectivity index (χ3n) is 4.97. The van der Waals surface area contributed by atoms with Crippen molar-refractivity contribution in [1.82, 2.24) is 15.4 Å². The SMILES string of the molecule is COc1cccc(/C=N/NC(=O)c2ccc(C(=O)Cc3ccc4nc(C)[nH]c4c3)cc2)c1. The summed E-state index contributed by atoms with van der Waals surface area (Å²) < 4.78 is 5.16. The highest BCUT2D eigenvalue weighted by molar-refractivity contribution is 6.00. The number of ether oxygens (including phenoxy) is 1. The van der Waals surface area contributed by atoms with Crippen molar-refractivity contribution in [2.75, 3.05) is 7.11 Å². The van der Waals surface area contributed by atoms with E-state index in [0.717, 1.165) is 28.0 Å². The van der Waals surface area contributed by atoms with Gasteiger partial charge in [-0.15, -0.1) is 0 Å². The van der Waals surface area contributed by atoms with E-state index in [0.29, 0.717) is 16.9 Å². The number of methoxy groups -OCH3 is 1. The number of carbonyl (C=O) groups is 2. The summed E-state index contributed by atoms with van der Waals surface area (Å²) in [6.45, 7) is 1.90. The Morgan fingerprint density at radius 1 is 1.06 bits per heavy atom. The van der Waals surface area contributed by atoms with Crippen LogP contribution < -0.4 is 10.2 Å². The Balaban J connectivity index is 1.37. The average Bonchev–Trinajstić information content (AvgIpc) is 3.18. The number of hydrogen-bond acceptors (Lipinski definition) is 5. The maximum Gasteiger partial charge on any atom is 0.271 e. The number of aromatic nitrogens is 2. The molecule has 7 nitrogen and oxygen atoms in total. The molecule has 0 atom stereocenters. The lowest BCUT2D eigenvalue weighted by molar-refractivity contribution is 0.0952. The maximum atomic E-state index is 12.7. The first kappa shape index (κ1) is 21.0. The molecule has 0 radical (unpaired) electrons. The van der Waals surface area contributed by atoms with Crippen LogP contribution in [-0.4, -0.2) is 35.0 Å². The minimum Gasteiger partial charge on any atom is -0.497 e. The first-order valence-electron chi connectivity index (χ1n) is 10.1. The van der Waals surface area contributed by atoms with Crippen LogP contribution in [0.2, 0.25) is 0 Å². The molecule has 0 aliphatic rings. The molecular weight excluding hydrogens is 404 g/mol. The third kappa shape index (κ3) is 4.89. The van der Waals surface area contributed by atoms with E-state index in [4.69, 9.17) is 4.74 Å². The van der Waals surface area contributed by atoms with Crippen LogP contribution >= 0.6 is 0 Å². The Kier molecular flexibility index (Phi) is 6.07. The van der Waals surface area contributed by atoms with E-state index in [1.165, 1.54) is 6.21 Å². The molecule has 4 rings (SSSR count). The number of imidazole rings is 1. The minimum atomic E-state index is -0.358. The predicted molar refractivity (Wildman–Crippen MR) is 123 cm³/mol. The van der Waals surface area contributed by atoms with E-state index in [1.54, 1.807) is 37.4 Å². The smallest absolute Gasteiger partial charge is 0.271 e. The Morgan fingerprint density at radius 2 is 1.84 bits per heavy atom. The fourth-order valence-electron chi connectivity index (χ4n) is 3.34. The molecular formula is C25H22N4O3.